The summed E-state index contributed by atoms with van der Waals surface area (Å²) in [6.07, 6.45) is 4.56. The lowest BCUT2D eigenvalue weighted by molar-refractivity contribution is 0.320. The van der Waals surface area contributed by atoms with Crippen LogP contribution in [0, 0.1) is 12.8 Å². The van der Waals surface area contributed by atoms with Crippen LogP contribution >= 0.6 is 11.3 Å². The summed E-state index contributed by atoms with van der Waals surface area (Å²) in [5.74, 6) is 1.13. The van der Waals surface area contributed by atoms with Gasteiger partial charge in [0.2, 0.25) is 0 Å². The van der Waals surface area contributed by atoms with Gasteiger partial charge in [-0.25, -0.2) is 4.98 Å². The molecule has 124 valence electrons. The van der Waals surface area contributed by atoms with Crippen LogP contribution in [-0.2, 0) is 13.6 Å². The van der Waals surface area contributed by atoms with Gasteiger partial charge in [0.1, 0.15) is 0 Å². The Morgan fingerprint density at radius 1 is 1.43 bits per heavy atom. The van der Waals surface area contributed by atoms with Crippen molar-refractivity contribution in [2.75, 3.05) is 31.6 Å². The van der Waals surface area contributed by atoms with Gasteiger partial charge in [-0.2, -0.15) is 0 Å². The molecule has 2 aromatic rings. The Kier molecular flexibility index (Phi) is 4.82. The Bertz CT molecular complexity index is 723. The molecule has 5 nitrogen and oxygen atoms in total. The number of aromatic nitrogens is 2. The number of anilines is 1. The van der Waals surface area contributed by atoms with Crippen molar-refractivity contribution in [1.82, 2.24) is 14.5 Å². The van der Waals surface area contributed by atoms with Crippen molar-refractivity contribution in [3.63, 3.8) is 0 Å². The van der Waals surface area contributed by atoms with Crippen molar-refractivity contribution in [2.24, 2.45) is 13.0 Å². The first kappa shape index (κ1) is 16.2. The number of aryl methyl sites for hydroxylation is 2. The minimum atomic E-state index is -0.0288. The maximum atomic E-state index is 12.1. The molecule has 3 heterocycles. The Labute approximate surface area is 141 Å². The Balaban J connectivity index is 1.57. The van der Waals surface area contributed by atoms with Gasteiger partial charge in [0, 0.05) is 55.9 Å². The van der Waals surface area contributed by atoms with Crippen LogP contribution in [0.15, 0.2) is 29.3 Å². The van der Waals surface area contributed by atoms with Crippen LogP contribution in [0.2, 0.25) is 0 Å². The summed E-state index contributed by atoms with van der Waals surface area (Å²) < 4.78 is 1.58. The van der Waals surface area contributed by atoms with E-state index in [0.717, 1.165) is 26.2 Å². The second-order valence-electron chi connectivity index (χ2n) is 6.45. The number of rotatable bonds is 5. The maximum Gasteiger partial charge on any atom is 0.293 e. The third kappa shape index (κ3) is 3.82. The van der Waals surface area contributed by atoms with Gasteiger partial charge >= 0.3 is 0 Å². The lowest BCUT2D eigenvalue weighted by Gasteiger charge is -2.22. The van der Waals surface area contributed by atoms with Crippen molar-refractivity contribution < 1.29 is 0 Å². The van der Waals surface area contributed by atoms with Crippen molar-refractivity contribution in [3.05, 3.63) is 44.6 Å². The summed E-state index contributed by atoms with van der Waals surface area (Å²) in [4.78, 5) is 23.7. The normalized spacial score (nSPS) is 18.5. The summed E-state index contributed by atoms with van der Waals surface area (Å²) in [7, 11) is 3.73. The van der Waals surface area contributed by atoms with Crippen molar-refractivity contribution >= 4 is 17.2 Å². The molecule has 0 aromatic carbocycles. The van der Waals surface area contributed by atoms with Gasteiger partial charge in [0.15, 0.2) is 5.82 Å². The lowest BCUT2D eigenvalue weighted by atomic mass is 10.1. The van der Waals surface area contributed by atoms with Gasteiger partial charge in [0.25, 0.3) is 5.56 Å². The molecule has 3 rings (SSSR count). The molecule has 1 aliphatic rings. The smallest absolute Gasteiger partial charge is 0.293 e. The summed E-state index contributed by atoms with van der Waals surface area (Å²) in [5.41, 5.74) is -0.0288. The molecule has 1 atom stereocenters. The fourth-order valence-corrected chi connectivity index (χ4v) is 4.15. The predicted molar refractivity (Wildman–Crippen MR) is 95.2 cm³/mol. The standard InChI is InChI=1S/C17H24N4OS/c1-13-4-5-15(23-13)12-21-8-6-14(11-21)10-20(3)16-17(22)19(2)9-7-18-16/h4-5,7,9,14H,6,8,10-12H2,1-3H3. The first-order valence-corrected chi connectivity index (χ1v) is 8.85. The number of likely N-dealkylation sites (tertiary alicyclic amines) is 1. The third-order valence-electron chi connectivity index (χ3n) is 4.44. The van der Waals surface area contributed by atoms with E-state index in [1.807, 2.05) is 23.3 Å². The molecule has 0 N–H and O–H groups in total. The van der Waals surface area contributed by atoms with Gasteiger partial charge in [-0.1, -0.05) is 0 Å². The fourth-order valence-electron chi connectivity index (χ4n) is 3.22. The van der Waals surface area contributed by atoms with E-state index in [4.69, 9.17) is 0 Å². The molecule has 0 radical (unpaired) electrons. The Morgan fingerprint density at radius 3 is 3.00 bits per heavy atom. The van der Waals surface area contributed by atoms with Crippen LogP contribution in [0.5, 0.6) is 0 Å². The number of hydrogen-bond donors (Lipinski definition) is 0. The van der Waals surface area contributed by atoms with Crippen LogP contribution in [0.3, 0.4) is 0 Å². The molecule has 0 amide bonds. The monoisotopic (exact) mass is 332 g/mol. The zero-order valence-electron chi connectivity index (χ0n) is 14.0. The highest BCUT2D eigenvalue weighted by atomic mass is 32.1. The summed E-state index contributed by atoms with van der Waals surface area (Å²) in [5, 5.41) is 0. The predicted octanol–water partition coefficient (Wildman–Crippen LogP) is 2.11. The average molecular weight is 332 g/mol. The van der Waals surface area contributed by atoms with Crippen LogP contribution in [0.4, 0.5) is 5.82 Å². The van der Waals surface area contributed by atoms with Gasteiger partial charge in [0.05, 0.1) is 0 Å². The first-order chi connectivity index (χ1) is 11.0. The zero-order valence-corrected chi connectivity index (χ0v) is 14.8. The average Bonchev–Trinajstić information content (AvgIpc) is 3.11. The Hall–Kier alpha value is -1.66. The van der Waals surface area contributed by atoms with E-state index in [1.165, 1.54) is 16.2 Å². The highest BCUT2D eigenvalue weighted by molar-refractivity contribution is 7.11. The minimum Gasteiger partial charge on any atom is -0.355 e. The van der Waals surface area contributed by atoms with Crippen LogP contribution in [0.1, 0.15) is 16.2 Å². The molecule has 0 bridgehead atoms. The molecule has 1 fully saturated rings. The quantitative estimate of drug-likeness (QED) is 0.841. The molecular formula is C17H24N4OS. The van der Waals surface area contributed by atoms with Crippen LogP contribution < -0.4 is 10.5 Å². The van der Waals surface area contributed by atoms with E-state index >= 15 is 0 Å². The zero-order chi connectivity index (χ0) is 16.4. The van der Waals surface area contributed by atoms with E-state index in [2.05, 4.69) is 28.9 Å². The van der Waals surface area contributed by atoms with Crippen LogP contribution in [-0.4, -0.2) is 41.1 Å². The number of hydrogen-bond acceptors (Lipinski definition) is 5. The molecule has 0 saturated carbocycles. The van der Waals surface area contributed by atoms with E-state index < -0.39 is 0 Å². The summed E-state index contributed by atoms with van der Waals surface area (Å²) in [6.45, 7) is 6.31. The second kappa shape index (κ2) is 6.84. The van der Waals surface area contributed by atoms with Crippen LogP contribution in [0.25, 0.3) is 0 Å². The first-order valence-electron chi connectivity index (χ1n) is 8.03. The minimum absolute atomic E-state index is 0.0288. The maximum absolute atomic E-state index is 12.1. The SMILES string of the molecule is Cc1ccc(CN2CCC(CN(C)c3nccn(C)c3=O)C2)s1. The fraction of sp³-hybridized carbons (Fsp3) is 0.529. The molecule has 1 aliphatic heterocycles. The van der Waals surface area contributed by atoms with Gasteiger partial charge in [-0.3, -0.25) is 9.69 Å². The molecular weight excluding hydrogens is 308 g/mol. The van der Waals surface area contributed by atoms with Crippen molar-refractivity contribution in [2.45, 2.75) is 19.9 Å². The third-order valence-corrected chi connectivity index (χ3v) is 5.42. The molecule has 0 aliphatic carbocycles. The summed E-state index contributed by atoms with van der Waals surface area (Å²) >= 11 is 1.88. The number of nitrogens with zero attached hydrogens (tertiary/aromatic N) is 4. The van der Waals surface area contributed by atoms with Gasteiger partial charge in [-0.15, -0.1) is 11.3 Å². The molecule has 23 heavy (non-hydrogen) atoms. The van der Waals surface area contributed by atoms with Crippen molar-refractivity contribution in [1.29, 1.82) is 0 Å². The topological polar surface area (TPSA) is 41.4 Å². The second-order valence-corrected chi connectivity index (χ2v) is 7.82. The lowest BCUT2D eigenvalue weighted by Crippen LogP contribution is -2.34. The highest BCUT2D eigenvalue weighted by Gasteiger charge is 2.25. The van der Waals surface area contributed by atoms with E-state index in [-0.39, 0.29) is 5.56 Å². The molecule has 2 aromatic heterocycles. The van der Waals surface area contributed by atoms with Gasteiger partial charge < -0.3 is 9.47 Å². The van der Waals surface area contributed by atoms with E-state index in [1.54, 1.807) is 24.0 Å². The summed E-state index contributed by atoms with van der Waals surface area (Å²) in [6, 6.07) is 4.43. The largest absolute Gasteiger partial charge is 0.355 e. The molecule has 0 spiro atoms. The molecule has 1 unspecified atom stereocenters. The van der Waals surface area contributed by atoms with Crippen molar-refractivity contribution in [3.8, 4) is 0 Å². The van der Waals surface area contributed by atoms with Gasteiger partial charge in [-0.05, 0) is 37.9 Å². The van der Waals surface area contributed by atoms with E-state index in [9.17, 15) is 4.79 Å². The molecule has 6 heteroatoms. The number of thiophene rings is 1. The highest BCUT2D eigenvalue weighted by Crippen LogP contribution is 2.23. The molecule has 1 saturated heterocycles. The van der Waals surface area contributed by atoms with E-state index in [0.29, 0.717) is 11.7 Å². The Morgan fingerprint density at radius 2 is 2.26 bits per heavy atom.